The van der Waals surface area contributed by atoms with E-state index in [1.54, 1.807) is 0 Å². The third-order valence-electron chi connectivity index (χ3n) is 4.15. The summed E-state index contributed by atoms with van der Waals surface area (Å²) in [5, 5.41) is 8.15. The first-order chi connectivity index (χ1) is 9.93. The van der Waals surface area contributed by atoms with Crippen molar-refractivity contribution in [2.24, 2.45) is 0 Å². The highest BCUT2D eigenvalue weighted by molar-refractivity contribution is 4.89. The molecule has 1 N–H and O–H groups in total. The van der Waals surface area contributed by atoms with E-state index in [2.05, 4.69) is 30.8 Å². The van der Waals surface area contributed by atoms with E-state index in [-0.39, 0.29) is 0 Å². The predicted molar refractivity (Wildman–Crippen MR) is 78.4 cm³/mol. The van der Waals surface area contributed by atoms with Crippen LogP contribution in [0, 0.1) is 0 Å². The molecule has 0 spiro atoms. The van der Waals surface area contributed by atoms with Gasteiger partial charge in [-0.2, -0.15) is 5.10 Å². The second-order valence-corrected chi connectivity index (χ2v) is 5.55. The van der Waals surface area contributed by atoms with Crippen molar-refractivity contribution in [3.63, 3.8) is 0 Å². The van der Waals surface area contributed by atoms with Gasteiger partial charge in [-0.3, -0.25) is 4.68 Å². The van der Waals surface area contributed by atoms with E-state index < -0.39 is 0 Å². The normalized spacial score (nSPS) is 23.0. The molecule has 5 nitrogen and oxygen atoms in total. The first kappa shape index (κ1) is 13.4. The van der Waals surface area contributed by atoms with Gasteiger partial charge in [-0.05, 0) is 31.9 Å². The SMILES string of the molecule is c1cnn([C@@H]2CCCC[C@H]2NCCCn2ccnc2)c1. The fourth-order valence-corrected chi connectivity index (χ4v) is 3.11. The summed E-state index contributed by atoms with van der Waals surface area (Å²) in [5.74, 6) is 0. The number of aryl methyl sites for hydroxylation is 1. The second-order valence-electron chi connectivity index (χ2n) is 5.55. The van der Waals surface area contributed by atoms with E-state index in [0.29, 0.717) is 12.1 Å². The predicted octanol–water partition coefficient (Wildman–Crippen LogP) is 2.24. The molecule has 0 bridgehead atoms. The number of nitrogens with zero attached hydrogens (tertiary/aromatic N) is 4. The van der Waals surface area contributed by atoms with Gasteiger partial charge in [0.1, 0.15) is 0 Å². The Morgan fingerprint density at radius 1 is 1.15 bits per heavy atom. The fraction of sp³-hybridized carbons (Fsp3) is 0.600. The average molecular weight is 273 g/mol. The molecule has 2 aromatic rings. The molecular weight excluding hydrogens is 250 g/mol. The van der Waals surface area contributed by atoms with E-state index in [9.17, 15) is 0 Å². The molecule has 1 fully saturated rings. The molecule has 0 aliphatic heterocycles. The number of imidazole rings is 1. The molecular formula is C15H23N5. The summed E-state index contributed by atoms with van der Waals surface area (Å²) in [7, 11) is 0. The van der Waals surface area contributed by atoms with Crippen LogP contribution in [-0.2, 0) is 6.54 Å². The lowest BCUT2D eigenvalue weighted by molar-refractivity contribution is 0.246. The molecule has 3 rings (SSSR count). The van der Waals surface area contributed by atoms with E-state index in [0.717, 1.165) is 19.5 Å². The molecule has 2 atom stereocenters. The average Bonchev–Trinajstić information content (AvgIpc) is 3.17. The van der Waals surface area contributed by atoms with Crippen molar-refractivity contribution in [1.82, 2.24) is 24.6 Å². The van der Waals surface area contributed by atoms with E-state index >= 15 is 0 Å². The highest BCUT2D eigenvalue weighted by Crippen LogP contribution is 2.27. The third kappa shape index (κ3) is 3.28. The maximum atomic E-state index is 4.42. The molecule has 1 aliphatic rings. The number of rotatable bonds is 6. The Kier molecular flexibility index (Phi) is 4.48. The minimum absolute atomic E-state index is 0.520. The van der Waals surface area contributed by atoms with Crippen LogP contribution in [0.15, 0.2) is 37.2 Å². The zero-order chi connectivity index (χ0) is 13.6. The van der Waals surface area contributed by atoms with Gasteiger partial charge in [-0.25, -0.2) is 4.98 Å². The number of nitrogens with one attached hydrogen (secondary N) is 1. The Balaban J connectivity index is 1.47. The van der Waals surface area contributed by atoms with Crippen molar-refractivity contribution >= 4 is 0 Å². The van der Waals surface area contributed by atoms with Crippen LogP contribution >= 0.6 is 0 Å². The molecule has 5 heteroatoms. The van der Waals surface area contributed by atoms with Crippen LogP contribution in [0.3, 0.4) is 0 Å². The van der Waals surface area contributed by atoms with Gasteiger partial charge in [0, 0.05) is 37.4 Å². The molecule has 0 aromatic carbocycles. The molecule has 1 saturated carbocycles. The van der Waals surface area contributed by atoms with Gasteiger partial charge in [0.2, 0.25) is 0 Å². The van der Waals surface area contributed by atoms with Crippen LogP contribution in [0.5, 0.6) is 0 Å². The lowest BCUT2D eigenvalue weighted by Gasteiger charge is -2.32. The van der Waals surface area contributed by atoms with E-state index in [4.69, 9.17) is 0 Å². The molecule has 108 valence electrons. The van der Waals surface area contributed by atoms with Gasteiger partial charge >= 0.3 is 0 Å². The molecule has 1 aliphatic carbocycles. The Labute approximate surface area is 120 Å². The molecule has 20 heavy (non-hydrogen) atoms. The molecule has 0 unspecified atom stereocenters. The highest BCUT2D eigenvalue weighted by Gasteiger charge is 2.25. The van der Waals surface area contributed by atoms with Gasteiger partial charge in [0.25, 0.3) is 0 Å². The Morgan fingerprint density at radius 2 is 2.10 bits per heavy atom. The van der Waals surface area contributed by atoms with Gasteiger partial charge in [-0.1, -0.05) is 12.8 Å². The zero-order valence-electron chi connectivity index (χ0n) is 11.9. The highest BCUT2D eigenvalue weighted by atomic mass is 15.3. The summed E-state index contributed by atoms with van der Waals surface area (Å²) in [5.41, 5.74) is 0. The summed E-state index contributed by atoms with van der Waals surface area (Å²) < 4.78 is 4.26. The van der Waals surface area contributed by atoms with E-state index in [1.807, 2.05) is 31.0 Å². The van der Waals surface area contributed by atoms with Crippen molar-refractivity contribution in [1.29, 1.82) is 0 Å². The molecule has 0 radical (unpaired) electrons. The molecule has 2 heterocycles. The monoisotopic (exact) mass is 273 g/mol. The van der Waals surface area contributed by atoms with Gasteiger partial charge in [0.15, 0.2) is 0 Å². The Hall–Kier alpha value is -1.62. The van der Waals surface area contributed by atoms with Gasteiger partial charge in [0.05, 0.1) is 12.4 Å². The number of hydrogen-bond acceptors (Lipinski definition) is 3. The van der Waals surface area contributed by atoms with Crippen molar-refractivity contribution in [3.8, 4) is 0 Å². The fourth-order valence-electron chi connectivity index (χ4n) is 3.11. The summed E-state index contributed by atoms with van der Waals surface area (Å²) in [6.45, 7) is 2.09. The minimum Gasteiger partial charge on any atom is -0.337 e. The first-order valence-electron chi connectivity index (χ1n) is 7.62. The first-order valence-corrected chi connectivity index (χ1v) is 7.62. The minimum atomic E-state index is 0.520. The standard InChI is InChI=1S/C15H23N5/c1-2-6-15(20-11-4-8-18-20)14(5-1)17-7-3-10-19-12-9-16-13-19/h4,8-9,11-15,17H,1-3,5-7,10H2/t14-,15-/m1/s1. The topological polar surface area (TPSA) is 47.7 Å². The van der Waals surface area contributed by atoms with Crippen molar-refractivity contribution in [3.05, 3.63) is 37.2 Å². The van der Waals surface area contributed by atoms with Crippen LogP contribution in [-0.4, -0.2) is 31.9 Å². The summed E-state index contributed by atoms with van der Waals surface area (Å²) in [6, 6.07) is 3.10. The summed E-state index contributed by atoms with van der Waals surface area (Å²) in [4.78, 5) is 4.07. The van der Waals surface area contributed by atoms with Crippen molar-refractivity contribution < 1.29 is 0 Å². The zero-order valence-corrected chi connectivity index (χ0v) is 11.9. The third-order valence-corrected chi connectivity index (χ3v) is 4.15. The largest absolute Gasteiger partial charge is 0.337 e. The van der Waals surface area contributed by atoms with E-state index in [1.165, 1.54) is 25.7 Å². The van der Waals surface area contributed by atoms with Gasteiger partial charge < -0.3 is 9.88 Å². The van der Waals surface area contributed by atoms with Crippen LogP contribution in [0.4, 0.5) is 0 Å². The van der Waals surface area contributed by atoms with Gasteiger partial charge in [-0.15, -0.1) is 0 Å². The maximum Gasteiger partial charge on any atom is 0.0945 e. The molecule has 0 saturated heterocycles. The maximum absolute atomic E-state index is 4.42. The quantitative estimate of drug-likeness (QED) is 0.821. The van der Waals surface area contributed by atoms with Crippen molar-refractivity contribution in [2.75, 3.05) is 6.54 Å². The second kappa shape index (κ2) is 6.70. The van der Waals surface area contributed by atoms with Crippen LogP contribution in [0.2, 0.25) is 0 Å². The summed E-state index contributed by atoms with van der Waals surface area (Å²) >= 11 is 0. The lowest BCUT2D eigenvalue weighted by Crippen LogP contribution is -2.40. The smallest absolute Gasteiger partial charge is 0.0945 e. The lowest BCUT2D eigenvalue weighted by atomic mass is 9.90. The summed E-state index contributed by atoms with van der Waals surface area (Å²) in [6.07, 6.45) is 16.0. The van der Waals surface area contributed by atoms with Crippen LogP contribution in [0.25, 0.3) is 0 Å². The Bertz CT molecular complexity index is 476. The van der Waals surface area contributed by atoms with Crippen LogP contribution < -0.4 is 5.32 Å². The molecule has 0 amide bonds. The Morgan fingerprint density at radius 3 is 2.90 bits per heavy atom. The number of hydrogen-bond donors (Lipinski definition) is 1. The van der Waals surface area contributed by atoms with Crippen LogP contribution in [0.1, 0.15) is 38.1 Å². The van der Waals surface area contributed by atoms with Crippen molar-refractivity contribution in [2.45, 2.75) is 50.7 Å². The molecule has 2 aromatic heterocycles. The number of aromatic nitrogens is 4.